The third-order valence-corrected chi connectivity index (χ3v) is 7.15. The van der Waals surface area contributed by atoms with Gasteiger partial charge < -0.3 is 4.74 Å². The highest BCUT2D eigenvalue weighted by Crippen LogP contribution is 2.26. The third-order valence-electron chi connectivity index (χ3n) is 4.04. The third kappa shape index (κ3) is 7.08. The monoisotopic (exact) mass is 490 g/mol. The van der Waals surface area contributed by atoms with E-state index in [0.717, 1.165) is 16.1 Å². The molecule has 0 aliphatic rings. The summed E-state index contributed by atoms with van der Waals surface area (Å²) in [7, 11) is -3.70. The van der Waals surface area contributed by atoms with Crippen molar-refractivity contribution in [3.63, 3.8) is 0 Å². The van der Waals surface area contributed by atoms with Gasteiger partial charge in [0.25, 0.3) is 0 Å². The molecule has 1 N–H and O–H groups in total. The number of nitrogens with one attached hydrogen (secondary N) is 1. The molecule has 0 saturated heterocycles. The van der Waals surface area contributed by atoms with Crippen molar-refractivity contribution in [1.29, 1.82) is 0 Å². The van der Waals surface area contributed by atoms with Crippen LogP contribution in [0.2, 0.25) is 0 Å². The zero-order valence-corrected chi connectivity index (χ0v) is 19.8. The Kier molecular flexibility index (Phi) is 8.26. The highest BCUT2D eigenvalue weighted by Gasteiger charge is 2.21. The van der Waals surface area contributed by atoms with Crippen LogP contribution in [0.1, 0.15) is 5.56 Å². The van der Waals surface area contributed by atoms with Gasteiger partial charge in [-0.25, -0.2) is 8.42 Å². The molecule has 3 rings (SSSR count). The molecule has 1 heterocycles. The molecule has 11 heteroatoms. The van der Waals surface area contributed by atoms with Crippen molar-refractivity contribution < 1.29 is 17.9 Å². The van der Waals surface area contributed by atoms with Gasteiger partial charge in [-0.3, -0.25) is 14.4 Å². The largest absolute Gasteiger partial charge is 0.489 e. The van der Waals surface area contributed by atoms with Crippen molar-refractivity contribution in [1.82, 2.24) is 10.2 Å². The Morgan fingerprint density at radius 1 is 1.19 bits per heavy atom. The second-order valence-electron chi connectivity index (χ2n) is 6.56. The molecular formula is C21H22N4O4S3. The van der Waals surface area contributed by atoms with Crippen molar-refractivity contribution in [2.45, 2.75) is 10.9 Å². The number of carbonyl (C=O) groups is 1. The van der Waals surface area contributed by atoms with E-state index in [-0.39, 0.29) is 0 Å². The molecule has 0 saturated carbocycles. The number of nitrogens with zero attached hydrogens (tertiary/aromatic N) is 3. The van der Waals surface area contributed by atoms with Crippen LogP contribution in [0.5, 0.6) is 5.75 Å². The van der Waals surface area contributed by atoms with Crippen molar-refractivity contribution in [3.05, 3.63) is 72.8 Å². The molecule has 0 aliphatic carbocycles. The predicted octanol–water partition coefficient (Wildman–Crippen LogP) is 3.80. The van der Waals surface area contributed by atoms with Gasteiger partial charge in [-0.15, -0.1) is 16.8 Å². The summed E-state index contributed by atoms with van der Waals surface area (Å²) in [6.07, 6.45) is 2.79. The first-order valence-electron chi connectivity index (χ1n) is 9.46. The quantitative estimate of drug-likeness (QED) is 0.248. The van der Waals surface area contributed by atoms with Gasteiger partial charge in [-0.1, -0.05) is 59.5 Å². The highest BCUT2D eigenvalue weighted by molar-refractivity contribution is 8.01. The van der Waals surface area contributed by atoms with Crippen molar-refractivity contribution >= 4 is 49.8 Å². The Morgan fingerprint density at radius 2 is 1.91 bits per heavy atom. The summed E-state index contributed by atoms with van der Waals surface area (Å²) in [6.45, 7) is 3.65. The number of amides is 1. The van der Waals surface area contributed by atoms with E-state index in [0.29, 0.717) is 33.3 Å². The molecule has 0 spiro atoms. The molecule has 0 fully saturated rings. The van der Waals surface area contributed by atoms with Crippen LogP contribution in [0.3, 0.4) is 0 Å². The number of carbonyl (C=O) groups excluding carboxylic acids is 1. The van der Waals surface area contributed by atoms with Crippen molar-refractivity contribution in [2.75, 3.05) is 28.2 Å². The maximum atomic E-state index is 12.5. The molecule has 2 aromatic carbocycles. The summed E-state index contributed by atoms with van der Waals surface area (Å²) in [6, 6.07) is 16.2. The van der Waals surface area contributed by atoms with E-state index in [1.54, 1.807) is 30.3 Å². The van der Waals surface area contributed by atoms with E-state index in [2.05, 4.69) is 22.1 Å². The Hall–Kier alpha value is -2.89. The van der Waals surface area contributed by atoms with Crippen LogP contribution in [-0.2, 0) is 21.4 Å². The lowest BCUT2D eigenvalue weighted by Crippen LogP contribution is -2.37. The minimum Gasteiger partial charge on any atom is -0.489 e. The summed E-state index contributed by atoms with van der Waals surface area (Å²) in [5.74, 6) is 0.750. The number of aromatic nitrogens is 2. The van der Waals surface area contributed by atoms with Gasteiger partial charge in [0.2, 0.25) is 21.1 Å². The molecule has 0 unspecified atom stereocenters. The van der Waals surface area contributed by atoms with Crippen LogP contribution in [0, 0.1) is 0 Å². The fourth-order valence-electron chi connectivity index (χ4n) is 2.59. The average Bonchev–Trinajstić information content (AvgIpc) is 3.22. The standard InChI is InChI=1S/C21H22N4O4S3/c1-3-13-30-21-24-23-20(31-21)22-19(26)14-25(32(2,27)28)17-9-11-18(12-10-17)29-15-16-7-5-4-6-8-16/h3-12H,1,13-15H2,2H3,(H,22,23,26). The van der Waals surface area contributed by atoms with Crippen LogP contribution in [-0.4, -0.2) is 43.1 Å². The first-order chi connectivity index (χ1) is 15.3. The lowest BCUT2D eigenvalue weighted by molar-refractivity contribution is -0.114. The zero-order chi connectivity index (χ0) is 23.0. The fraction of sp³-hybridized carbons (Fsp3) is 0.190. The van der Waals surface area contributed by atoms with Crippen molar-refractivity contribution in [2.24, 2.45) is 0 Å². The molecule has 0 radical (unpaired) electrons. The molecule has 3 aromatic rings. The number of sulfonamides is 1. The molecule has 0 atom stereocenters. The van der Waals surface area contributed by atoms with Crippen molar-refractivity contribution in [3.8, 4) is 5.75 Å². The number of rotatable bonds is 11. The first kappa shape index (κ1) is 23.8. The molecule has 0 aliphatic heterocycles. The minimum atomic E-state index is -3.70. The fourth-order valence-corrected chi connectivity index (χ4v) is 4.97. The summed E-state index contributed by atoms with van der Waals surface area (Å²) in [5.41, 5.74) is 1.38. The summed E-state index contributed by atoms with van der Waals surface area (Å²) >= 11 is 2.66. The SMILES string of the molecule is C=CCSc1nnc(NC(=O)CN(c2ccc(OCc3ccccc3)cc2)S(C)(=O)=O)s1. The van der Waals surface area contributed by atoms with Crippen LogP contribution in [0.4, 0.5) is 10.8 Å². The minimum absolute atomic E-state index is 0.305. The van der Waals surface area contributed by atoms with Gasteiger partial charge in [-0.05, 0) is 29.8 Å². The average molecular weight is 491 g/mol. The summed E-state index contributed by atoms with van der Waals surface area (Å²) in [4.78, 5) is 12.5. The second kappa shape index (κ2) is 11.1. The van der Waals surface area contributed by atoms with Crippen LogP contribution < -0.4 is 14.4 Å². The van der Waals surface area contributed by atoms with Crippen LogP contribution >= 0.6 is 23.1 Å². The Bertz CT molecular complexity index is 1150. The predicted molar refractivity (Wildman–Crippen MR) is 129 cm³/mol. The van der Waals surface area contributed by atoms with Crippen LogP contribution in [0.25, 0.3) is 0 Å². The van der Waals surface area contributed by atoms with E-state index < -0.39 is 22.5 Å². The Balaban J connectivity index is 1.63. The summed E-state index contributed by atoms with van der Waals surface area (Å²) < 4.78 is 32.1. The van der Waals surface area contributed by atoms with Crippen LogP contribution in [0.15, 0.2) is 71.6 Å². The molecule has 32 heavy (non-hydrogen) atoms. The van der Waals surface area contributed by atoms with Gasteiger partial charge in [-0.2, -0.15) is 0 Å². The number of anilines is 2. The topological polar surface area (TPSA) is 101 Å². The number of thioether (sulfide) groups is 1. The second-order valence-corrected chi connectivity index (χ2v) is 10.7. The van der Waals surface area contributed by atoms with E-state index in [9.17, 15) is 13.2 Å². The molecule has 0 bridgehead atoms. The number of hydrogen-bond donors (Lipinski definition) is 1. The molecule has 1 aromatic heterocycles. The molecular weight excluding hydrogens is 468 g/mol. The maximum Gasteiger partial charge on any atom is 0.246 e. The van der Waals surface area contributed by atoms with E-state index in [1.807, 2.05) is 30.3 Å². The first-order valence-corrected chi connectivity index (χ1v) is 13.1. The van der Waals surface area contributed by atoms with E-state index in [4.69, 9.17) is 4.74 Å². The van der Waals surface area contributed by atoms with Gasteiger partial charge in [0.1, 0.15) is 18.9 Å². The normalized spacial score (nSPS) is 11.0. The van der Waals surface area contributed by atoms with Gasteiger partial charge in [0, 0.05) is 5.75 Å². The highest BCUT2D eigenvalue weighted by atomic mass is 32.2. The molecule has 1 amide bonds. The van der Waals surface area contributed by atoms with Gasteiger partial charge in [0.05, 0.1) is 11.9 Å². The maximum absolute atomic E-state index is 12.5. The summed E-state index contributed by atoms with van der Waals surface area (Å²) in [5, 5.41) is 10.8. The number of ether oxygens (including phenoxy) is 1. The number of hydrogen-bond acceptors (Lipinski definition) is 8. The lowest BCUT2D eigenvalue weighted by atomic mass is 10.2. The van der Waals surface area contributed by atoms with E-state index in [1.165, 1.54) is 23.1 Å². The Labute approximate surface area is 195 Å². The van der Waals surface area contributed by atoms with Gasteiger partial charge >= 0.3 is 0 Å². The zero-order valence-electron chi connectivity index (χ0n) is 17.3. The molecule has 168 valence electrons. The lowest BCUT2D eigenvalue weighted by Gasteiger charge is -2.21. The van der Waals surface area contributed by atoms with Gasteiger partial charge in [0.15, 0.2) is 4.34 Å². The smallest absolute Gasteiger partial charge is 0.246 e. The Morgan fingerprint density at radius 3 is 2.56 bits per heavy atom. The van der Waals surface area contributed by atoms with E-state index >= 15 is 0 Å². The number of benzene rings is 2. The molecule has 8 nitrogen and oxygen atoms in total.